The van der Waals surface area contributed by atoms with Gasteiger partial charge in [0.05, 0.1) is 11.8 Å². The van der Waals surface area contributed by atoms with Gasteiger partial charge in [0.15, 0.2) is 0 Å². The van der Waals surface area contributed by atoms with Crippen molar-refractivity contribution in [3.05, 3.63) is 12.2 Å². The normalized spacial score (nSPS) is 43.7. The monoisotopic (exact) mass is 328 g/mol. The summed E-state index contributed by atoms with van der Waals surface area (Å²) in [5.41, 5.74) is 0. The first kappa shape index (κ1) is 14.7. The van der Waals surface area contributed by atoms with E-state index in [4.69, 9.17) is 0 Å². The highest BCUT2D eigenvalue weighted by molar-refractivity contribution is 6.09. The van der Waals surface area contributed by atoms with Gasteiger partial charge in [-0.05, 0) is 56.3 Å². The lowest BCUT2D eigenvalue weighted by Gasteiger charge is -2.37. The fraction of sp³-hybridized carbons (Fsp3) is 0.737. The van der Waals surface area contributed by atoms with Crippen molar-refractivity contribution in [2.45, 2.75) is 38.6 Å². The second kappa shape index (κ2) is 4.93. The van der Waals surface area contributed by atoms with Crippen molar-refractivity contribution in [3.8, 4) is 0 Å². The molecule has 2 saturated heterocycles. The molecule has 0 unspecified atom stereocenters. The number of nitrogens with zero attached hydrogens (tertiary/aromatic N) is 2. The molecule has 6 aliphatic rings. The standard InChI is InChI=1S/C19H24N2O3/c1-10(17(22)20-7-3-2-4-8-20)21-18(23)15-11-5-6-12(14-9-13(11)14)16(15)19(21)24/h5-6,10-16H,2-4,7-9H2,1H3/t10-,11+,12+,13+,14+,15-,16-/m1/s1. The summed E-state index contributed by atoms with van der Waals surface area (Å²) in [5, 5.41) is 0. The number of hydrogen-bond donors (Lipinski definition) is 0. The molecule has 24 heavy (non-hydrogen) atoms. The van der Waals surface area contributed by atoms with Gasteiger partial charge in [-0.3, -0.25) is 19.3 Å². The Balaban J connectivity index is 1.40. The van der Waals surface area contributed by atoms with E-state index in [0.29, 0.717) is 11.8 Å². The molecule has 0 N–H and O–H groups in total. The van der Waals surface area contributed by atoms with Crippen LogP contribution >= 0.6 is 0 Å². The topological polar surface area (TPSA) is 57.7 Å². The number of carbonyl (C=O) groups is 3. The Hall–Kier alpha value is -1.65. The predicted octanol–water partition coefficient (Wildman–Crippen LogP) is 1.44. The molecule has 0 aromatic heterocycles. The van der Waals surface area contributed by atoms with Crippen molar-refractivity contribution in [3.63, 3.8) is 0 Å². The van der Waals surface area contributed by atoms with Crippen LogP contribution in [0.25, 0.3) is 0 Å². The Bertz CT molecular complexity index is 615. The first-order chi connectivity index (χ1) is 11.6. The molecule has 2 bridgehead atoms. The number of imide groups is 1. The molecule has 2 saturated carbocycles. The van der Waals surface area contributed by atoms with Crippen molar-refractivity contribution in [2.24, 2.45) is 35.5 Å². The van der Waals surface area contributed by atoms with Gasteiger partial charge in [-0.15, -0.1) is 0 Å². The molecule has 128 valence electrons. The zero-order valence-electron chi connectivity index (χ0n) is 14.1. The first-order valence-electron chi connectivity index (χ1n) is 9.43. The molecule has 0 radical (unpaired) electrons. The summed E-state index contributed by atoms with van der Waals surface area (Å²) < 4.78 is 0. The van der Waals surface area contributed by atoms with Crippen LogP contribution in [-0.4, -0.2) is 46.7 Å². The lowest BCUT2D eigenvalue weighted by molar-refractivity contribution is -0.151. The molecule has 5 nitrogen and oxygen atoms in total. The highest BCUT2D eigenvalue weighted by Crippen LogP contribution is 2.65. The van der Waals surface area contributed by atoms with Crippen molar-refractivity contribution < 1.29 is 14.4 Å². The van der Waals surface area contributed by atoms with Crippen molar-refractivity contribution in [1.82, 2.24) is 9.80 Å². The summed E-state index contributed by atoms with van der Waals surface area (Å²) in [6.07, 6.45) is 8.70. The predicted molar refractivity (Wildman–Crippen MR) is 86.4 cm³/mol. The Kier molecular flexibility index (Phi) is 3.01. The second-order valence-electron chi connectivity index (χ2n) is 8.26. The lowest BCUT2D eigenvalue weighted by Crippen LogP contribution is -2.51. The minimum absolute atomic E-state index is 0.0551. The van der Waals surface area contributed by atoms with Gasteiger partial charge >= 0.3 is 0 Å². The zero-order valence-corrected chi connectivity index (χ0v) is 14.1. The summed E-state index contributed by atoms with van der Waals surface area (Å²) in [4.78, 5) is 42.0. The van der Waals surface area contributed by atoms with Crippen LogP contribution in [0.15, 0.2) is 12.2 Å². The molecule has 4 aliphatic carbocycles. The van der Waals surface area contributed by atoms with Crippen LogP contribution in [0.4, 0.5) is 0 Å². The largest absolute Gasteiger partial charge is 0.341 e. The maximum Gasteiger partial charge on any atom is 0.245 e. The number of hydrogen-bond acceptors (Lipinski definition) is 3. The van der Waals surface area contributed by atoms with Crippen molar-refractivity contribution >= 4 is 17.7 Å². The van der Waals surface area contributed by atoms with E-state index in [-0.39, 0.29) is 41.4 Å². The fourth-order valence-electron chi connectivity index (χ4n) is 5.85. The number of piperidine rings is 1. The van der Waals surface area contributed by atoms with E-state index in [1.807, 2.05) is 4.90 Å². The summed E-state index contributed by atoms with van der Waals surface area (Å²) in [6.45, 7) is 3.24. The summed E-state index contributed by atoms with van der Waals surface area (Å²) >= 11 is 0. The molecule has 0 spiro atoms. The second-order valence-corrected chi connectivity index (χ2v) is 8.26. The number of amides is 3. The van der Waals surface area contributed by atoms with Gasteiger partial charge in [-0.1, -0.05) is 12.2 Å². The molecule has 2 aliphatic heterocycles. The summed E-state index contributed by atoms with van der Waals surface area (Å²) in [7, 11) is 0. The fourth-order valence-corrected chi connectivity index (χ4v) is 5.85. The highest BCUT2D eigenvalue weighted by Gasteiger charge is 2.67. The van der Waals surface area contributed by atoms with Gasteiger partial charge in [0.25, 0.3) is 0 Å². The Morgan fingerprint density at radius 2 is 1.54 bits per heavy atom. The Labute approximate surface area is 142 Å². The smallest absolute Gasteiger partial charge is 0.245 e. The van der Waals surface area contributed by atoms with Crippen molar-refractivity contribution in [1.29, 1.82) is 0 Å². The van der Waals surface area contributed by atoms with E-state index in [1.165, 1.54) is 4.90 Å². The third-order valence-electron chi connectivity index (χ3n) is 7.11. The minimum atomic E-state index is -0.649. The zero-order chi connectivity index (χ0) is 16.6. The molecule has 0 aromatic carbocycles. The van der Waals surface area contributed by atoms with Gasteiger partial charge < -0.3 is 4.90 Å². The van der Waals surface area contributed by atoms with Crippen molar-refractivity contribution in [2.75, 3.05) is 13.1 Å². The maximum absolute atomic E-state index is 13.0. The van der Waals surface area contributed by atoms with Crippen LogP contribution in [0.3, 0.4) is 0 Å². The number of carbonyl (C=O) groups excluding carboxylic acids is 3. The lowest BCUT2D eigenvalue weighted by atomic mass is 9.63. The molecule has 3 amide bonds. The summed E-state index contributed by atoms with van der Waals surface area (Å²) in [6, 6.07) is -0.649. The quantitative estimate of drug-likeness (QED) is 0.569. The number of likely N-dealkylation sites (tertiary alicyclic amines) is 2. The molecule has 6 rings (SSSR count). The van der Waals surface area contributed by atoms with E-state index < -0.39 is 6.04 Å². The van der Waals surface area contributed by atoms with Gasteiger partial charge in [-0.25, -0.2) is 0 Å². The van der Waals surface area contributed by atoms with Crippen LogP contribution < -0.4 is 0 Å². The van der Waals surface area contributed by atoms with Crippen LogP contribution in [-0.2, 0) is 14.4 Å². The van der Waals surface area contributed by atoms with Gasteiger partial charge in [0, 0.05) is 13.1 Å². The van der Waals surface area contributed by atoms with Gasteiger partial charge in [-0.2, -0.15) is 0 Å². The highest BCUT2D eigenvalue weighted by atomic mass is 16.2. The average Bonchev–Trinajstić information content (AvgIpc) is 3.39. The SMILES string of the molecule is C[C@H](C(=O)N1CCCCC1)N1C(=O)[C@@H]2[C@H]3C=C[C@@H]([C@@H]4C[C@@H]34)[C@H]2C1=O. The number of rotatable bonds is 2. The molecule has 7 atom stereocenters. The van der Waals surface area contributed by atoms with E-state index >= 15 is 0 Å². The van der Waals surface area contributed by atoms with E-state index in [1.54, 1.807) is 6.92 Å². The third kappa shape index (κ3) is 1.78. The van der Waals surface area contributed by atoms with E-state index in [2.05, 4.69) is 12.2 Å². The minimum Gasteiger partial charge on any atom is -0.341 e. The average molecular weight is 328 g/mol. The van der Waals surface area contributed by atoms with Crippen LogP contribution in [0.5, 0.6) is 0 Å². The van der Waals surface area contributed by atoms with Crippen LogP contribution in [0.1, 0.15) is 32.6 Å². The molecule has 4 fully saturated rings. The number of allylic oxidation sites excluding steroid dienone is 2. The van der Waals surface area contributed by atoms with Crippen LogP contribution in [0, 0.1) is 35.5 Å². The molecular weight excluding hydrogens is 304 g/mol. The first-order valence-corrected chi connectivity index (χ1v) is 9.43. The maximum atomic E-state index is 13.0. The summed E-state index contributed by atoms with van der Waals surface area (Å²) in [5.74, 6) is 1.02. The molecular formula is C19H24N2O3. The van der Waals surface area contributed by atoms with E-state index in [9.17, 15) is 14.4 Å². The van der Waals surface area contributed by atoms with E-state index in [0.717, 1.165) is 38.8 Å². The molecule has 0 aromatic rings. The molecule has 5 heteroatoms. The van der Waals surface area contributed by atoms with Gasteiger partial charge in [0.2, 0.25) is 17.7 Å². The van der Waals surface area contributed by atoms with Gasteiger partial charge in [0.1, 0.15) is 6.04 Å². The van der Waals surface area contributed by atoms with Crippen LogP contribution in [0.2, 0.25) is 0 Å². The Morgan fingerprint density at radius 1 is 1.00 bits per heavy atom. The third-order valence-corrected chi connectivity index (χ3v) is 7.11. The molecule has 2 heterocycles. The Morgan fingerprint density at radius 3 is 2.08 bits per heavy atom.